The van der Waals surface area contributed by atoms with Crippen molar-refractivity contribution in [2.45, 2.75) is 206 Å². The maximum absolute atomic E-state index is 12.6. The molecule has 0 aromatic rings. The molecule has 3 unspecified atom stereocenters. The number of carboxylic acids is 1. The number of aliphatic carboxylic acids is 1. The van der Waals surface area contributed by atoms with Crippen LogP contribution < -0.4 is 5.73 Å². The fourth-order valence-corrected chi connectivity index (χ4v) is 6.50. The summed E-state index contributed by atoms with van der Waals surface area (Å²) in [5.74, 6) is -1.77. The molecule has 292 valence electrons. The fraction of sp³-hybridized carbons (Fsp3) is 0.947. The predicted molar refractivity (Wildman–Crippen MR) is 199 cm³/mol. The minimum Gasteiger partial charge on any atom is -0.480 e. The van der Waals surface area contributed by atoms with Gasteiger partial charge in [-0.3, -0.25) is 18.6 Å². The molecule has 0 aliphatic carbocycles. The van der Waals surface area contributed by atoms with Crippen molar-refractivity contribution in [3.05, 3.63) is 0 Å². The number of carbonyl (C=O) groups excluding carboxylic acids is 1. The molecule has 10 nitrogen and oxygen atoms in total. The summed E-state index contributed by atoms with van der Waals surface area (Å²) in [6.45, 7) is 3.90. The van der Waals surface area contributed by atoms with Gasteiger partial charge in [-0.25, -0.2) is 4.57 Å². The molecule has 0 aliphatic heterocycles. The number of carbonyl (C=O) groups is 2. The first kappa shape index (κ1) is 48.0. The Kier molecular flexibility index (Phi) is 34.6. The van der Waals surface area contributed by atoms with Gasteiger partial charge in [0.05, 0.1) is 19.8 Å². The van der Waals surface area contributed by atoms with E-state index in [9.17, 15) is 19.0 Å². The number of unbranched alkanes of at least 4 members (excludes halogenated alkanes) is 25. The molecule has 0 aromatic carbocycles. The number of nitrogens with two attached hydrogens (primary N) is 1. The highest BCUT2D eigenvalue weighted by molar-refractivity contribution is 7.47. The zero-order chi connectivity index (χ0) is 36.3. The van der Waals surface area contributed by atoms with Gasteiger partial charge in [-0.05, 0) is 12.8 Å². The topological polar surface area (TPSA) is 155 Å². The number of phosphoric acid groups is 1. The molecule has 49 heavy (non-hydrogen) atoms. The molecule has 0 bridgehead atoms. The van der Waals surface area contributed by atoms with Crippen LogP contribution in [0.1, 0.15) is 194 Å². The number of hydrogen-bond donors (Lipinski definition) is 3. The Morgan fingerprint density at radius 2 is 0.939 bits per heavy atom. The van der Waals surface area contributed by atoms with Crippen molar-refractivity contribution in [3.63, 3.8) is 0 Å². The van der Waals surface area contributed by atoms with Crippen LogP contribution in [0.15, 0.2) is 0 Å². The first-order valence-corrected chi connectivity index (χ1v) is 21.6. The monoisotopic (exact) mass is 722 g/mol. The maximum Gasteiger partial charge on any atom is 0.472 e. The lowest BCUT2D eigenvalue weighted by Gasteiger charge is -2.20. The highest BCUT2D eigenvalue weighted by atomic mass is 31.2. The van der Waals surface area contributed by atoms with Gasteiger partial charge in [-0.1, -0.05) is 174 Å². The van der Waals surface area contributed by atoms with Crippen molar-refractivity contribution >= 4 is 19.8 Å². The molecule has 0 radical (unpaired) electrons. The highest BCUT2D eigenvalue weighted by Gasteiger charge is 2.27. The van der Waals surface area contributed by atoms with Gasteiger partial charge in [0.15, 0.2) is 0 Å². The third kappa shape index (κ3) is 35.2. The van der Waals surface area contributed by atoms with Crippen molar-refractivity contribution in [3.8, 4) is 0 Å². The smallest absolute Gasteiger partial charge is 0.472 e. The minimum atomic E-state index is -4.60. The molecule has 0 fully saturated rings. The Balaban J connectivity index is 4.19. The molecule has 0 amide bonds. The van der Waals surface area contributed by atoms with Crippen LogP contribution in [0, 0.1) is 0 Å². The number of phosphoric ester groups is 1. The summed E-state index contributed by atoms with van der Waals surface area (Å²) >= 11 is 0. The highest BCUT2D eigenvalue weighted by Crippen LogP contribution is 2.43. The lowest BCUT2D eigenvalue weighted by molar-refractivity contribution is -0.154. The Hall–Kier alpha value is -1.03. The molecule has 0 aromatic heterocycles. The van der Waals surface area contributed by atoms with Gasteiger partial charge in [-0.15, -0.1) is 0 Å². The third-order valence-corrected chi connectivity index (χ3v) is 9.84. The van der Waals surface area contributed by atoms with E-state index < -0.39 is 45.1 Å². The molecule has 3 atom stereocenters. The Morgan fingerprint density at radius 1 is 0.571 bits per heavy atom. The Morgan fingerprint density at radius 3 is 1.35 bits per heavy atom. The molecular weight excluding hydrogens is 645 g/mol. The second-order valence-electron chi connectivity index (χ2n) is 13.8. The first-order valence-electron chi connectivity index (χ1n) is 20.1. The van der Waals surface area contributed by atoms with Crippen LogP contribution in [-0.2, 0) is 32.7 Å². The Labute approximate surface area is 299 Å². The normalized spacial score (nSPS) is 14.0. The molecular formula is C38H76NO9P. The summed E-state index contributed by atoms with van der Waals surface area (Å²) in [7, 11) is -4.60. The van der Waals surface area contributed by atoms with Crippen molar-refractivity contribution in [1.82, 2.24) is 0 Å². The summed E-state index contributed by atoms with van der Waals surface area (Å²) in [6, 6.07) is -1.47. The summed E-state index contributed by atoms with van der Waals surface area (Å²) in [5.41, 5.74) is 5.34. The number of esters is 1. The van der Waals surface area contributed by atoms with E-state index in [4.69, 9.17) is 29.4 Å². The average Bonchev–Trinajstić information content (AvgIpc) is 3.07. The molecule has 11 heteroatoms. The molecule has 0 saturated carbocycles. The fourth-order valence-electron chi connectivity index (χ4n) is 5.72. The van der Waals surface area contributed by atoms with E-state index in [2.05, 4.69) is 13.8 Å². The minimum absolute atomic E-state index is 0.0247. The van der Waals surface area contributed by atoms with E-state index in [0.717, 1.165) is 38.5 Å². The Bertz CT molecular complexity index is 801. The van der Waals surface area contributed by atoms with Gasteiger partial charge in [0.1, 0.15) is 12.1 Å². The SMILES string of the molecule is CCCCCCCCCCCCCCCCCCCC(=O)OC(COCCCCCCCCCCCC)COP(=O)(O)OCC(N)C(=O)O. The molecule has 0 spiro atoms. The van der Waals surface area contributed by atoms with E-state index in [1.54, 1.807) is 0 Å². The zero-order valence-electron chi connectivity index (χ0n) is 31.6. The average molecular weight is 722 g/mol. The summed E-state index contributed by atoms with van der Waals surface area (Å²) in [4.78, 5) is 33.4. The van der Waals surface area contributed by atoms with Gasteiger partial charge in [0.25, 0.3) is 0 Å². The second-order valence-corrected chi connectivity index (χ2v) is 15.2. The van der Waals surface area contributed by atoms with Crippen LogP contribution in [0.2, 0.25) is 0 Å². The first-order chi connectivity index (χ1) is 23.7. The van der Waals surface area contributed by atoms with Crippen LogP contribution >= 0.6 is 7.82 Å². The van der Waals surface area contributed by atoms with Gasteiger partial charge >= 0.3 is 19.8 Å². The van der Waals surface area contributed by atoms with Crippen LogP contribution in [0.25, 0.3) is 0 Å². The van der Waals surface area contributed by atoms with Crippen LogP contribution in [0.4, 0.5) is 0 Å². The summed E-state index contributed by atoms with van der Waals surface area (Å²) in [5, 5.41) is 8.86. The van der Waals surface area contributed by atoms with Gasteiger partial charge in [-0.2, -0.15) is 0 Å². The molecule has 0 rings (SSSR count). The largest absolute Gasteiger partial charge is 0.480 e. The van der Waals surface area contributed by atoms with E-state index in [-0.39, 0.29) is 13.0 Å². The molecule has 0 aliphatic rings. The predicted octanol–water partition coefficient (Wildman–Crippen LogP) is 10.4. The van der Waals surface area contributed by atoms with Crippen LogP contribution in [0.3, 0.4) is 0 Å². The number of rotatable bonds is 39. The van der Waals surface area contributed by atoms with Gasteiger partial charge in [0, 0.05) is 13.0 Å². The van der Waals surface area contributed by atoms with Crippen molar-refractivity contribution in [1.29, 1.82) is 0 Å². The standard InChI is InChI=1S/C38H76NO9P/c1-3-5-7-9-11-13-15-16-17-18-19-20-21-22-24-26-28-30-37(40)48-35(33-46-49(43,44)47-34-36(39)38(41)42)32-45-31-29-27-25-23-14-12-10-8-6-4-2/h35-36H,3-34,39H2,1-2H3,(H,41,42)(H,43,44). The molecule has 4 N–H and O–H groups in total. The number of hydrogen-bond acceptors (Lipinski definition) is 8. The maximum atomic E-state index is 12.6. The number of carboxylic acid groups (broad SMARTS) is 1. The van der Waals surface area contributed by atoms with Crippen LogP contribution in [0.5, 0.6) is 0 Å². The quantitative estimate of drug-likeness (QED) is 0.0317. The van der Waals surface area contributed by atoms with E-state index in [1.165, 1.54) is 135 Å². The third-order valence-electron chi connectivity index (χ3n) is 8.89. The molecule has 0 heterocycles. The van der Waals surface area contributed by atoms with Crippen LogP contribution in [-0.4, -0.2) is 60.5 Å². The van der Waals surface area contributed by atoms with Crippen molar-refractivity contribution < 1.29 is 42.7 Å². The lowest BCUT2D eigenvalue weighted by atomic mass is 10.0. The van der Waals surface area contributed by atoms with E-state index in [1.807, 2.05) is 0 Å². The second kappa shape index (κ2) is 35.4. The van der Waals surface area contributed by atoms with Crippen molar-refractivity contribution in [2.24, 2.45) is 5.73 Å². The van der Waals surface area contributed by atoms with E-state index in [0.29, 0.717) is 6.61 Å². The van der Waals surface area contributed by atoms with Gasteiger partial charge in [0.2, 0.25) is 0 Å². The number of ether oxygens (including phenoxy) is 2. The molecule has 0 saturated heterocycles. The van der Waals surface area contributed by atoms with Crippen molar-refractivity contribution in [2.75, 3.05) is 26.4 Å². The van der Waals surface area contributed by atoms with E-state index >= 15 is 0 Å². The summed E-state index contributed by atoms with van der Waals surface area (Å²) < 4.78 is 33.2. The lowest BCUT2D eigenvalue weighted by Crippen LogP contribution is -2.34. The zero-order valence-corrected chi connectivity index (χ0v) is 32.5. The van der Waals surface area contributed by atoms with Gasteiger partial charge < -0.3 is 25.2 Å². The summed E-state index contributed by atoms with van der Waals surface area (Å²) in [6.07, 6.45) is 33.0.